The highest BCUT2D eigenvalue weighted by Crippen LogP contribution is 2.62. The third-order valence-corrected chi connectivity index (χ3v) is 4.32. The van der Waals surface area contributed by atoms with Gasteiger partial charge in [0.2, 0.25) is 0 Å². The van der Waals surface area contributed by atoms with Gasteiger partial charge in [0.05, 0.1) is 7.11 Å². The summed E-state index contributed by atoms with van der Waals surface area (Å²) in [7, 11) is 1.66. The lowest BCUT2D eigenvalue weighted by molar-refractivity contribution is 0.00654. The van der Waals surface area contributed by atoms with Gasteiger partial charge in [-0.3, -0.25) is 0 Å². The Morgan fingerprint density at radius 3 is 2.69 bits per heavy atom. The third kappa shape index (κ3) is 1.49. The molecule has 2 saturated carbocycles. The zero-order chi connectivity index (χ0) is 11.2. The Labute approximate surface area is 100 Å². The quantitative estimate of drug-likeness (QED) is 0.794. The van der Waals surface area contributed by atoms with E-state index in [4.69, 9.17) is 16.3 Å². The van der Waals surface area contributed by atoms with Crippen LogP contribution in [0.2, 0.25) is 5.15 Å². The van der Waals surface area contributed by atoms with E-state index < -0.39 is 0 Å². The predicted octanol–water partition coefficient (Wildman–Crippen LogP) is 3.19. The molecule has 0 radical (unpaired) electrons. The molecule has 4 heteroatoms. The Bertz CT molecular complexity index is 409. The van der Waals surface area contributed by atoms with E-state index in [1.165, 1.54) is 32.1 Å². The molecule has 0 atom stereocenters. The fourth-order valence-electron chi connectivity index (χ4n) is 3.07. The van der Waals surface area contributed by atoms with Crippen molar-refractivity contribution in [2.45, 2.75) is 38.0 Å². The molecular formula is C12H15ClN2O. The lowest BCUT2D eigenvalue weighted by Gasteiger charge is -2.54. The Balaban J connectivity index is 1.79. The Kier molecular flexibility index (Phi) is 2.32. The summed E-state index contributed by atoms with van der Waals surface area (Å²) in [6.45, 7) is 0. The maximum absolute atomic E-state index is 5.80. The smallest absolute Gasteiger partial charge is 0.155 e. The van der Waals surface area contributed by atoms with Crippen LogP contribution in [0.5, 0.6) is 5.75 Å². The lowest BCUT2D eigenvalue weighted by atomic mass is 9.51. The van der Waals surface area contributed by atoms with Crippen molar-refractivity contribution >= 4 is 11.6 Å². The van der Waals surface area contributed by atoms with Gasteiger partial charge in [0.25, 0.3) is 0 Å². The van der Waals surface area contributed by atoms with Crippen LogP contribution in [0.3, 0.4) is 0 Å². The van der Waals surface area contributed by atoms with Gasteiger partial charge in [0.15, 0.2) is 5.15 Å². The molecule has 2 aliphatic rings. The van der Waals surface area contributed by atoms with Crippen LogP contribution in [0.25, 0.3) is 0 Å². The first-order chi connectivity index (χ1) is 7.72. The van der Waals surface area contributed by atoms with E-state index in [1.54, 1.807) is 13.2 Å². The molecule has 1 aromatic rings. The highest BCUT2D eigenvalue weighted by Gasteiger charge is 2.49. The van der Waals surface area contributed by atoms with Crippen LogP contribution in [0.15, 0.2) is 6.07 Å². The second-order valence-electron chi connectivity index (χ2n) is 5.08. The minimum Gasteiger partial charge on any atom is -0.495 e. The Morgan fingerprint density at radius 2 is 2.12 bits per heavy atom. The van der Waals surface area contributed by atoms with Crippen LogP contribution < -0.4 is 4.74 Å². The fourth-order valence-corrected chi connectivity index (χ4v) is 3.21. The molecule has 0 aromatic carbocycles. The molecule has 16 heavy (non-hydrogen) atoms. The summed E-state index contributed by atoms with van der Waals surface area (Å²) in [5.41, 5.74) is 1.64. The zero-order valence-electron chi connectivity index (χ0n) is 9.37. The van der Waals surface area contributed by atoms with Gasteiger partial charge < -0.3 is 4.74 Å². The normalized spacial score (nSPS) is 22.6. The SMILES string of the molecule is COc1cc(Cl)nnc1C1CC2(CCC2)C1. The number of nitrogens with zero attached hydrogens (tertiary/aromatic N) is 2. The van der Waals surface area contributed by atoms with Crippen molar-refractivity contribution in [3.8, 4) is 5.75 Å². The monoisotopic (exact) mass is 238 g/mol. The van der Waals surface area contributed by atoms with Gasteiger partial charge in [-0.05, 0) is 31.1 Å². The van der Waals surface area contributed by atoms with E-state index in [0.717, 1.165) is 11.4 Å². The number of hydrogen-bond donors (Lipinski definition) is 0. The van der Waals surface area contributed by atoms with Crippen molar-refractivity contribution in [2.75, 3.05) is 7.11 Å². The van der Waals surface area contributed by atoms with E-state index in [0.29, 0.717) is 16.5 Å². The minimum atomic E-state index is 0.401. The maximum atomic E-state index is 5.80. The van der Waals surface area contributed by atoms with E-state index in [1.807, 2.05) is 0 Å². The summed E-state index contributed by atoms with van der Waals surface area (Å²) in [6, 6.07) is 1.76. The first-order valence-corrected chi connectivity index (χ1v) is 6.17. The molecule has 0 aliphatic heterocycles. The summed E-state index contributed by atoms with van der Waals surface area (Å²) in [5.74, 6) is 1.32. The summed E-state index contributed by atoms with van der Waals surface area (Å²) in [4.78, 5) is 0. The largest absolute Gasteiger partial charge is 0.495 e. The van der Waals surface area contributed by atoms with Crippen molar-refractivity contribution in [2.24, 2.45) is 5.41 Å². The van der Waals surface area contributed by atoms with Crippen LogP contribution in [0.4, 0.5) is 0 Å². The van der Waals surface area contributed by atoms with Gasteiger partial charge in [-0.1, -0.05) is 18.0 Å². The van der Waals surface area contributed by atoms with Crippen molar-refractivity contribution in [3.63, 3.8) is 0 Å². The molecule has 86 valence electrons. The Hall–Kier alpha value is -0.830. The van der Waals surface area contributed by atoms with E-state index in [9.17, 15) is 0 Å². The number of ether oxygens (including phenoxy) is 1. The standard InChI is InChI=1S/C12H15ClN2O/c1-16-9-5-10(13)14-15-11(9)8-6-12(7-8)3-2-4-12/h5,8H,2-4,6-7H2,1H3. The average molecular weight is 239 g/mol. The van der Waals surface area contributed by atoms with Gasteiger partial charge in [0, 0.05) is 12.0 Å². The van der Waals surface area contributed by atoms with E-state index in [2.05, 4.69) is 10.2 Å². The molecule has 3 rings (SSSR count). The number of aromatic nitrogens is 2. The van der Waals surface area contributed by atoms with Gasteiger partial charge >= 0.3 is 0 Å². The number of rotatable bonds is 2. The minimum absolute atomic E-state index is 0.401. The van der Waals surface area contributed by atoms with Crippen LogP contribution in [-0.4, -0.2) is 17.3 Å². The van der Waals surface area contributed by atoms with E-state index in [-0.39, 0.29) is 0 Å². The summed E-state index contributed by atoms with van der Waals surface area (Å²) in [5, 5.41) is 8.51. The number of halogens is 1. The van der Waals surface area contributed by atoms with Gasteiger partial charge in [-0.15, -0.1) is 10.2 Å². The molecule has 2 aliphatic carbocycles. The molecule has 3 nitrogen and oxygen atoms in total. The lowest BCUT2D eigenvalue weighted by Crippen LogP contribution is -2.41. The summed E-state index contributed by atoms with van der Waals surface area (Å²) in [6.07, 6.45) is 6.69. The fraction of sp³-hybridized carbons (Fsp3) is 0.667. The summed E-state index contributed by atoms with van der Waals surface area (Å²) >= 11 is 5.80. The zero-order valence-corrected chi connectivity index (χ0v) is 10.1. The molecular weight excluding hydrogens is 224 g/mol. The first-order valence-electron chi connectivity index (χ1n) is 5.80. The van der Waals surface area contributed by atoms with Gasteiger partial charge in [-0.2, -0.15) is 0 Å². The van der Waals surface area contributed by atoms with Crippen LogP contribution >= 0.6 is 11.6 Å². The summed E-state index contributed by atoms with van der Waals surface area (Å²) < 4.78 is 5.32. The van der Waals surface area contributed by atoms with Gasteiger partial charge in [-0.25, -0.2) is 0 Å². The molecule has 0 N–H and O–H groups in total. The van der Waals surface area contributed by atoms with Crippen LogP contribution in [0, 0.1) is 5.41 Å². The molecule has 2 fully saturated rings. The van der Waals surface area contributed by atoms with Crippen molar-refractivity contribution < 1.29 is 4.74 Å². The second-order valence-corrected chi connectivity index (χ2v) is 5.47. The van der Waals surface area contributed by atoms with Crippen LogP contribution in [0.1, 0.15) is 43.7 Å². The Morgan fingerprint density at radius 1 is 1.38 bits per heavy atom. The predicted molar refractivity (Wildman–Crippen MR) is 61.9 cm³/mol. The molecule has 0 bridgehead atoms. The van der Waals surface area contributed by atoms with E-state index >= 15 is 0 Å². The topological polar surface area (TPSA) is 35.0 Å². The average Bonchev–Trinajstić information content (AvgIpc) is 2.15. The van der Waals surface area contributed by atoms with Crippen molar-refractivity contribution in [1.82, 2.24) is 10.2 Å². The van der Waals surface area contributed by atoms with Crippen LogP contribution in [-0.2, 0) is 0 Å². The number of methoxy groups -OCH3 is 1. The molecule has 0 amide bonds. The molecule has 0 unspecified atom stereocenters. The van der Waals surface area contributed by atoms with Crippen molar-refractivity contribution in [3.05, 3.63) is 16.9 Å². The molecule has 0 saturated heterocycles. The third-order valence-electron chi connectivity index (χ3n) is 4.14. The molecule has 1 heterocycles. The first kappa shape index (κ1) is 10.3. The van der Waals surface area contributed by atoms with Gasteiger partial charge in [0.1, 0.15) is 11.4 Å². The highest BCUT2D eigenvalue weighted by molar-refractivity contribution is 6.29. The second kappa shape index (κ2) is 3.59. The maximum Gasteiger partial charge on any atom is 0.155 e. The molecule has 1 spiro atoms. The molecule has 1 aromatic heterocycles. The highest BCUT2D eigenvalue weighted by atomic mass is 35.5. The number of hydrogen-bond acceptors (Lipinski definition) is 3. The van der Waals surface area contributed by atoms with Crippen molar-refractivity contribution in [1.29, 1.82) is 0 Å².